The first-order valence-electron chi connectivity index (χ1n) is 7.15. The van der Waals surface area contributed by atoms with Crippen LogP contribution in [0.4, 0.5) is 5.82 Å². The van der Waals surface area contributed by atoms with Gasteiger partial charge in [-0.1, -0.05) is 13.0 Å². The van der Waals surface area contributed by atoms with E-state index in [0.717, 1.165) is 48.1 Å². The van der Waals surface area contributed by atoms with Crippen molar-refractivity contribution in [2.45, 2.75) is 39.0 Å². The fourth-order valence-corrected chi connectivity index (χ4v) is 3.03. The zero-order valence-electron chi connectivity index (χ0n) is 11.3. The summed E-state index contributed by atoms with van der Waals surface area (Å²) in [6.45, 7) is 3.02. The first kappa shape index (κ1) is 12.1. The number of aromatic amines is 1. The quantitative estimate of drug-likeness (QED) is 0.875. The molecule has 0 radical (unpaired) electrons. The van der Waals surface area contributed by atoms with E-state index >= 15 is 0 Å². The van der Waals surface area contributed by atoms with E-state index in [1.165, 1.54) is 24.0 Å². The highest BCUT2D eigenvalue weighted by Gasteiger charge is 2.18. The zero-order chi connectivity index (χ0) is 13.2. The van der Waals surface area contributed by atoms with Gasteiger partial charge in [-0.3, -0.25) is 0 Å². The van der Waals surface area contributed by atoms with Crippen LogP contribution in [0.5, 0.6) is 0 Å². The summed E-state index contributed by atoms with van der Waals surface area (Å²) in [4.78, 5) is 3.37. The maximum absolute atomic E-state index is 9.50. The van der Waals surface area contributed by atoms with Crippen LogP contribution >= 0.6 is 0 Å². The van der Waals surface area contributed by atoms with Crippen LogP contribution in [0.25, 0.3) is 10.9 Å². The molecule has 98 valence electrons. The predicted octanol–water partition coefficient (Wildman–Crippen LogP) is 3.74. The predicted molar refractivity (Wildman–Crippen MR) is 78.4 cm³/mol. The average molecular weight is 253 g/mol. The fraction of sp³-hybridized carbons (Fsp3) is 0.438. The van der Waals surface area contributed by atoms with E-state index in [2.05, 4.69) is 35.4 Å². The molecule has 1 heterocycles. The van der Waals surface area contributed by atoms with Crippen LogP contribution in [0.2, 0.25) is 0 Å². The topological polar surface area (TPSA) is 51.6 Å². The van der Waals surface area contributed by atoms with Gasteiger partial charge in [-0.25, -0.2) is 0 Å². The van der Waals surface area contributed by atoms with Gasteiger partial charge in [-0.2, -0.15) is 5.26 Å². The van der Waals surface area contributed by atoms with Crippen molar-refractivity contribution in [3.63, 3.8) is 0 Å². The van der Waals surface area contributed by atoms with Gasteiger partial charge < -0.3 is 10.3 Å². The summed E-state index contributed by atoms with van der Waals surface area (Å²) in [6, 6.07) is 6.73. The molecule has 0 amide bonds. The number of fused-ring (bicyclic) bond motifs is 3. The van der Waals surface area contributed by atoms with Gasteiger partial charge in [0, 0.05) is 17.4 Å². The van der Waals surface area contributed by atoms with E-state index in [-0.39, 0.29) is 0 Å². The molecule has 0 aliphatic heterocycles. The second kappa shape index (κ2) is 4.97. The second-order valence-electron chi connectivity index (χ2n) is 5.25. The maximum Gasteiger partial charge on any atom is 0.122 e. The van der Waals surface area contributed by atoms with E-state index in [4.69, 9.17) is 0 Å². The summed E-state index contributed by atoms with van der Waals surface area (Å²) < 4.78 is 0. The Morgan fingerprint density at radius 3 is 2.95 bits per heavy atom. The molecule has 1 aromatic heterocycles. The number of anilines is 1. The number of hydrogen-bond acceptors (Lipinski definition) is 2. The van der Waals surface area contributed by atoms with Crippen LogP contribution < -0.4 is 5.32 Å². The lowest BCUT2D eigenvalue weighted by atomic mass is 9.88. The molecule has 1 aliphatic carbocycles. The van der Waals surface area contributed by atoms with E-state index < -0.39 is 0 Å². The standard InChI is InChI=1S/C16H19N3/c1-2-9-18-16-13(10-17)15-12-6-4-3-5-11(12)7-8-14(15)19-16/h7-8,18-19H,2-6,9H2,1H3. The van der Waals surface area contributed by atoms with Gasteiger partial charge in [0.2, 0.25) is 0 Å². The normalized spacial score (nSPS) is 14.1. The van der Waals surface area contributed by atoms with Crippen LogP contribution in [0, 0.1) is 11.3 Å². The van der Waals surface area contributed by atoms with Crippen molar-refractivity contribution in [1.29, 1.82) is 5.26 Å². The molecule has 19 heavy (non-hydrogen) atoms. The Hall–Kier alpha value is -1.95. The lowest BCUT2D eigenvalue weighted by Gasteiger charge is -2.16. The average Bonchev–Trinajstić information content (AvgIpc) is 2.83. The van der Waals surface area contributed by atoms with Crippen molar-refractivity contribution in [2.75, 3.05) is 11.9 Å². The minimum absolute atomic E-state index is 0.794. The molecule has 0 spiro atoms. The maximum atomic E-state index is 9.50. The molecule has 0 fully saturated rings. The highest BCUT2D eigenvalue weighted by molar-refractivity contribution is 5.95. The van der Waals surface area contributed by atoms with E-state index in [0.29, 0.717) is 0 Å². The third-order valence-electron chi connectivity index (χ3n) is 3.96. The Morgan fingerprint density at radius 2 is 2.16 bits per heavy atom. The van der Waals surface area contributed by atoms with Gasteiger partial charge in [0.25, 0.3) is 0 Å². The molecule has 3 rings (SSSR count). The third-order valence-corrected chi connectivity index (χ3v) is 3.96. The van der Waals surface area contributed by atoms with Crippen molar-refractivity contribution in [3.8, 4) is 6.07 Å². The third kappa shape index (κ3) is 1.98. The van der Waals surface area contributed by atoms with Crippen molar-refractivity contribution < 1.29 is 0 Å². The molecular weight excluding hydrogens is 234 g/mol. The highest BCUT2D eigenvalue weighted by Crippen LogP contribution is 2.34. The van der Waals surface area contributed by atoms with Gasteiger partial charge in [0.05, 0.1) is 0 Å². The summed E-state index contributed by atoms with van der Waals surface area (Å²) in [5.41, 5.74) is 4.70. The Labute approximate surface area is 113 Å². The number of aryl methyl sites for hydroxylation is 2. The number of aromatic nitrogens is 1. The Bertz CT molecular complexity index is 646. The summed E-state index contributed by atoms with van der Waals surface area (Å²) in [6.07, 6.45) is 5.81. The van der Waals surface area contributed by atoms with Crippen LogP contribution in [0.3, 0.4) is 0 Å². The van der Waals surface area contributed by atoms with Gasteiger partial charge in [0.1, 0.15) is 17.5 Å². The summed E-state index contributed by atoms with van der Waals surface area (Å²) in [5.74, 6) is 0.887. The minimum Gasteiger partial charge on any atom is -0.371 e. The number of benzene rings is 1. The molecule has 0 unspecified atom stereocenters. The number of hydrogen-bond donors (Lipinski definition) is 2. The summed E-state index contributed by atoms with van der Waals surface area (Å²) >= 11 is 0. The second-order valence-corrected chi connectivity index (χ2v) is 5.25. The van der Waals surface area contributed by atoms with Crippen LogP contribution in [-0.4, -0.2) is 11.5 Å². The van der Waals surface area contributed by atoms with Gasteiger partial charge in [0.15, 0.2) is 0 Å². The van der Waals surface area contributed by atoms with Crippen molar-refractivity contribution >= 4 is 16.7 Å². The lowest BCUT2D eigenvalue weighted by molar-refractivity contribution is 0.690. The monoisotopic (exact) mass is 253 g/mol. The van der Waals surface area contributed by atoms with Crippen molar-refractivity contribution in [2.24, 2.45) is 0 Å². The highest BCUT2D eigenvalue weighted by atomic mass is 15.0. The number of nitrogens with zero attached hydrogens (tertiary/aromatic N) is 1. The van der Waals surface area contributed by atoms with Crippen LogP contribution in [0.15, 0.2) is 12.1 Å². The first-order valence-corrected chi connectivity index (χ1v) is 7.15. The molecule has 0 bridgehead atoms. The number of nitriles is 1. The molecule has 3 nitrogen and oxygen atoms in total. The largest absolute Gasteiger partial charge is 0.371 e. The Balaban J connectivity index is 2.19. The Morgan fingerprint density at radius 1 is 1.32 bits per heavy atom. The number of nitrogens with one attached hydrogen (secondary N) is 2. The minimum atomic E-state index is 0.794. The number of H-pyrrole nitrogens is 1. The zero-order valence-corrected chi connectivity index (χ0v) is 11.3. The summed E-state index contributed by atoms with van der Waals surface area (Å²) in [7, 11) is 0. The molecule has 2 aromatic rings. The summed E-state index contributed by atoms with van der Waals surface area (Å²) in [5, 5.41) is 14.0. The van der Waals surface area contributed by atoms with Crippen LogP contribution in [-0.2, 0) is 12.8 Å². The van der Waals surface area contributed by atoms with E-state index in [1.54, 1.807) is 0 Å². The van der Waals surface area contributed by atoms with Gasteiger partial charge >= 0.3 is 0 Å². The molecular formula is C16H19N3. The fourth-order valence-electron chi connectivity index (χ4n) is 3.03. The smallest absolute Gasteiger partial charge is 0.122 e. The number of rotatable bonds is 3. The van der Waals surface area contributed by atoms with Crippen molar-refractivity contribution in [3.05, 3.63) is 28.8 Å². The molecule has 0 saturated carbocycles. The SMILES string of the molecule is CCCNc1[nH]c2ccc3c(c2c1C#N)CCCC3. The molecule has 3 heteroatoms. The molecule has 1 aliphatic rings. The lowest BCUT2D eigenvalue weighted by Crippen LogP contribution is -2.03. The Kier molecular flexibility index (Phi) is 3.16. The van der Waals surface area contributed by atoms with E-state index in [9.17, 15) is 5.26 Å². The van der Waals surface area contributed by atoms with Crippen molar-refractivity contribution in [1.82, 2.24) is 4.98 Å². The van der Waals surface area contributed by atoms with Crippen LogP contribution in [0.1, 0.15) is 42.9 Å². The molecule has 2 N–H and O–H groups in total. The van der Waals surface area contributed by atoms with E-state index in [1.807, 2.05) is 0 Å². The molecule has 0 saturated heterocycles. The molecule has 0 atom stereocenters. The van der Waals surface area contributed by atoms with Gasteiger partial charge in [-0.15, -0.1) is 0 Å². The molecule has 1 aromatic carbocycles. The van der Waals surface area contributed by atoms with Gasteiger partial charge in [-0.05, 0) is 49.3 Å². The first-order chi connectivity index (χ1) is 9.35.